The topological polar surface area (TPSA) is 55.4 Å². The normalized spacial score (nSPS) is 16.6. The molecule has 1 aliphatic carbocycles. The van der Waals surface area contributed by atoms with Gasteiger partial charge in [0.15, 0.2) is 0 Å². The Bertz CT molecular complexity index is 1010. The molecule has 0 aliphatic heterocycles. The number of hydrogen-bond acceptors (Lipinski definition) is 6. The summed E-state index contributed by atoms with van der Waals surface area (Å²) in [6, 6.07) is 4.38. The number of benzene rings is 1. The van der Waals surface area contributed by atoms with E-state index in [0.717, 1.165) is 18.0 Å². The van der Waals surface area contributed by atoms with Crippen LogP contribution in [-0.2, 0) is 26.6 Å². The van der Waals surface area contributed by atoms with Crippen molar-refractivity contribution in [2.45, 2.75) is 217 Å². The van der Waals surface area contributed by atoms with E-state index in [-0.39, 0.29) is 33.6 Å². The molecule has 0 aromatic heterocycles. The maximum absolute atomic E-state index is 6.66. The highest BCUT2D eigenvalue weighted by Crippen LogP contribution is 2.44. The van der Waals surface area contributed by atoms with Crippen molar-refractivity contribution >= 4 is 22.8 Å². The van der Waals surface area contributed by atoms with Gasteiger partial charge in [0.2, 0.25) is 0 Å². The Balaban J connectivity index is 0.000000474. The van der Waals surface area contributed by atoms with Crippen molar-refractivity contribution in [2.75, 3.05) is 0 Å². The minimum Gasteiger partial charge on any atom is -0.368 e. The van der Waals surface area contributed by atoms with Gasteiger partial charge in [0.1, 0.15) is 0 Å². The summed E-state index contributed by atoms with van der Waals surface area (Å²) < 4.78 is 39.8. The second-order valence-electron chi connectivity index (χ2n) is 19.6. The van der Waals surface area contributed by atoms with Crippen molar-refractivity contribution in [1.82, 2.24) is 0 Å². The predicted octanol–water partition coefficient (Wildman–Crippen LogP) is 10.9. The van der Waals surface area contributed by atoms with Gasteiger partial charge in [0, 0.05) is 10.7 Å². The van der Waals surface area contributed by atoms with Crippen LogP contribution in [0.25, 0.3) is 0 Å². The molecule has 1 fully saturated rings. The highest BCUT2D eigenvalue weighted by molar-refractivity contribution is 6.76. The lowest BCUT2D eigenvalue weighted by molar-refractivity contribution is -0.0835. The molecular weight excluding hydrogens is 621 g/mol. The summed E-state index contributed by atoms with van der Waals surface area (Å²) in [4.78, 5) is 0. The first-order valence-electron chi connectivity index (χ1n) is 18.0. The fourth-order valence-electron chi connectivity index (χ4n) is 6.14. The molecule has 0 unspecified atom stereocenters. The summed E-state index contributed by atoms with van der Waals surface area (Å²) in [5.74, 6) is 0. The van der Waals surface area contributed by atoms with Gasteiger partial charge in [-0.2, -0.15) is 0 Å². The molecule has 0 N–H and O–H groups in total. The van der Waals surface area contributed by atoms with Crippen LogP contribution >= 0.6 is 0 Å². The van der Waals surface area contributed by atoms with Gasteiger partial charge < -0.3 is 26.6 Å². The predicted molar refractivity (Wildman–Crippen MR) is 204 cm³/mol. The lowest BCUT2D eigenvalue weighted by Crippen LogP contribution is -2.66. The second-order valence-corrected chi connectivity index (χ2v) is 24.4. The molecule has 276 valence electrons. The van der Waals surface area contributed by atoms with Crippen LogP contribution in [0.5, 0.6) is 0 Å². The van der Waals surface area contributed by atoms with E-state index in [1.807, 2.05) is 0 Å². The summed E-state index contributed by atoms with van der Waals surface area (Å²) >= 11 is 0. The molecule has 0 radical (unpaired) electrons. The minimum absolute atomic E-state index is 0.264. The molecule has 1 aliphatic rings. The molecule has 0 bridgehead atoms. The van der Waals surface area contributed by atoms with Gasteiger partial charge in [-0.3, -0.25) is 0 Å². The van der Waals surface area contributed by atoms with Crippen LogP contribution in [-0.4, -0.2) is 51.2 Å². The molecule has 1 aromatic rings. The zero-order valence-corrected chi connectivity index (χ0v) is 36.7. The van der Waals surface area contributed by atoms with E-state index in [2.05, 4.69) is 158 Å². The van der Waals surface area contributed by atoms with Crippen LogP contribution in [0.4, 0.5) is 0 Å². The van der Waals surface area contributed by atoms with Crippen molar-refractivity contribution in [3.05, 3.63) is 28.8 Å². The Morgan fingerprint density at radius 1 is 0.447 bits per heavy atom. The summed E-state index contributed by atoms with van der Waals surface area (Å²) in [5.41, 5.74) is 2.05. The van der Waals surface area contributed by atoms with E-state index in [1.54, 1.807) is 0 Å². The van der Waals surface area contributed by atoms with Gasteiger partial charge in [0.25, 0.3) is 0 Å². The first kappa shape index (κ1) is 44.4. The average molecular weight is 697 g/mol. The average Bonchev–Trinajstić information content (AvgIpc) is 2.71. The molecule has 2 rings (SSSR count). The summed E-state index contributed by atoms with van der Waals surface area (Å²) in [7, 11) is -5.99. The van der Waals surface area contributed by atoms with Crippen LogP contribution in [0.3, 0.4) is 0 Å². The summed E-state index contributed by atoms with van der Waals surface area (Å²) in [6.07, 6.45) is 6.16. The van der Waals surface area contributed by atoms with Crippen LogP contribution in [0.15, 0.2) is 12.1 Å². The standard InChI is InChI=1S/C21H38O3Si.C18H38O3Si/c1-15-13-16(2)18(17(3)14-15)25(22-19(4,5)6,23-20(7,8)9)24-21(10,11)12;1-16(2,3)19-22(20-17(4,5)6,21-18(7,8)9)15-13-11-10-12-14-15/h13-14H,1-12H3;15H,10-14H2,1-9H3. The lowest BCUT2D eigenvalue weighted by Gasteiger charge is -2.47. The SMILES string of the molecule is CC(C)(C)O[Si](OC(C)(C)C)(OC(C)(C)C)C1CCCCC1.Cc1cc(C)c([Si](OC(C)(C)C)(OC(C)(C)C)OC(C)(C)C)c(C)c1. The molecule has 0 heterocycles. The van der Waals surface area contributed by atoms with Gasteiger partial charge in [-0.05, 0) is 169 Å². The van der Waals surface area contributed by atoms with Crippen molar-refractivity contribution < 1.29 is 26.6 Å². The van der Waals surface area contributed by atoms with Crippen molar-refractivity contribution in [3.63, 3.8) is 0 Å². The number of aryl methyl sites for hydroxylation is 3. The third kappa shape index (κ3) is 16.8. The minimum atomic E-state index is -3.19. The van der Waals surface area contributed by atoms with E-state index in [9.17, 15) is 0 Å². The number of hydrogen-bond donors (Lipinski definition) is 0. The maximum Gasteiger partial charge on any atom is 0.539 e. The zero-order chi connectivity index (χ0) is 37.1. The Hall–Kier alpha value is -0.586. The molecule has 0 spiro atoms. The molecule has 0 amide bonds. The molecular formula is C39H76O6Si2. The zero-order valence-electron chi connectivity index (χ0n) is 34.7. The molecule has 1 aromatic carbocycles. The Morgan fingerprint density at radius 3 is 0.979 bits per heavy atom. The van der Waals surface area contributed by atoms with Crippen LogP contribution in [0.1, 0.15) is 173 Å². The van der Waals surface area contributed by atoms with E-state index >= 15 is 0 Å². The molecule has 6 nitrogen and oxygen atoms in total. The first-order valence-corrected chi connectivity index (χ1v) is 21.5. The first-order chi connectivity index (χ1) is 20.7. The molecule has 8 heteroatoms. The molecule has 0 saturated heterocycles. The van der Waals surface area contributed by atoms with Crippen molar-refractivity contribution in [2.24, 2.45) is 0 Å². The van der Waals surface area contributed by atoms with E-state index in [0.29, 0.717) is 5.54 Å². The van der Waals surface area contributed by atoms with E-state index < -0.39 is 17.6 Å². The Morgan fingerprint density at radius 2 is 0.723 bits per heavy atom. The van der Waals surface area contributed by atoms with Gasteiger partial charge in [-0.15, -0.1) is 0 Å². The van der Waals surface area contributed by atoms with E-state index in [1.165, 1.54) is 36.0 Å². The maximum atomic E-state index is 6.66. The van der Waals surface area contributed by atoms with E-state index in [4.69, 9.17) is 26.6 Å². The Labute approximate surface area is 294 Å². The largest absolute Gasteiger partial charge is 0.539 e. The van der Waals surface area contributed by atoms with Gasteiger partial charge >= 0.3 is 17.6 Å². The fourth-order valence-corrected chi connectivity index (χ4v) is 14.4. The third-order valence-electron chi connectivity index (χ3n) is 6.76. The van der Waals surface area contributed by atoms with Crippen LogP contribution in [0, 0.1) is 20.8 Å². The van der Waals surface area contributed by atoms with Crippen LogP contribution < -0.4 is 5.19 Å². The van der Waals surface area contributed by atoms with Gasteiger partial charge in [0.05, 0.1) is 33.6 Å². The van der Waals surface area contributed by atoms with Crippen molar-refractivity contribution in [1.29, 1.82) is 0 Å². The van der Waals surface area contributed by atoms with Gasteiger partial charge in [-0.1, -0.05) is 37.0 Å². The third-order valence-corrected chi connectivity index (χ3v) is 15.1. The smallest absolute Gasteiger partial charge is 0.368 e. The summed E-state index contributed by atoms with van der Waals surface area (Å²) in [6.45, 7) is 43.9. The second kappa shape index (κ2) is 15.8. The highest BCUT2D eigenvalue weighted by atomic mass is 28.4. The van der Waals surface area contributed by atoms with Crippen LogP contribution in [0.2, 0.25) is 5.54 Å². The van der Waals surface area contributed by atoms with Crippen molar-refractivity contribution in [3.8, 4) is 0 Å². The quantitative estimate of drug-likeness (QED) is 0.252. The molecule has 0 atom stereocenters. The number of rotatable bonds is 8. The lowest BCUT2D eigenvalue weighted by atomic mass is 10.0. The highest BCUT2D eigenvalue weighted by Gasteiger charge is 2.56. The monoisotopic (exact) mass is 697 g/mol. The summed E-state index contributed by atoms with van der Waals surface area (Å²) in [5, 5.41) is 1.10. The van der Waals surface area contributed by atoms with Gasteiger partial charge in [-0.25, -0.2) is 0 Å². The fraction of sp³-hybridized carbons (Fsp3) is 0.846. The Kier molecular flexibility index (Phi) is 14.9. The molecule has 47 heavy (non-hydrogen) atoms. The molecule has 1 saturated carbocycles.